The molecule has 0 atom stereocenters. The van der Waals surface area contributed by atoms with Crippen molar-refractivity contribution in [1.82, 2.24) is 9.38 Å². The van der Waals surface area contributed by atoms with Crippen molar-refractivity contribution in [2.45, 2.75) is 31.8 Å². The van der Waals surface area contributed by atoms with Crippen molar-refractivity contribution in [2.75, 3.05) is 12.4 Å². The molecular formula is C49H36N10O9S3. The maximum Gasteiger partial charge on any atom is 0.295 e. The number of ether oxygens (including phenoxy) is 1. The second-order valence-corrected chi connectivity index (χ2v) is 19.9. The zero-order valence-corrected chi connectivity index (χ0v) is 39.7. The van der Waals surface area contributed by atoms with Gasteiger partial charge in [-0.1, -0.05) is 65.9 Å². The van der Waals surface area contributed by atoms with Crippen LogP contribution in [0.15, 0.2) is 145 Å². The summed E-state index contributed by atoms with van der Waals surface area (Å²) in [6.07, 6.45) is -0.102. The van der Waals surface area contributed by atoms with Gasteiger partial charge in [0.25, 0.3) is 20.2 Å². The number of aromatic hydroxyl groups is 1. The van der Waals surface area contributed by atoms with Crippen LogP contribution < -0.4 is 4.74 Å². The predicted octanol–water partition coefficient (Wildman–Crippen LogP) is 12.2. The van der Waals surface area contributed by atoms with Crippen LogP contribution in [0.3, 0.4) is 0 Å². The van der Waals surface area contributed by atoms with E-state index in [1.54, 1.807) is 74.5 Å². The number of rotatable bonds is 14. The number of fused-ring (bicyclic) bond motifs is 5. The van der Waals surface area contributed by atoms with Crippen molar-refractivity contribution in [1.29, 1.82) is 10.5 Å². The number of nitriles is 2. The van der Waals surface area contributed by atoms with Crippen LogP contribution in [-0.2, 0) is 26.8 Å². The monoisotopic (exact) mass is 1000 g/mol. The molecule has 6 aromatic carbocycles. The minimum absolute atomic E-state index is 0.0220. The van der Waals surface area contributed by atoms with E-state index in [2.05, 4.69) is 47.8 Å². The van der Waals surface area contributed by atoms with Crippen LogP contribution in [0.5, 0.6) is 11.6 Å². The molecule has 354 valence electrons. The quantitative estimate of drug-likeness (QED) is 0.0449. The summed E-state index contributed by atoms with van der Waals surface area (Å²) in [6.45, 7) is 2.96. The Morgan fingerprint density at radius 3 is 2.24 bits per heavy atom. The molecule has 0 saturated carbocycles. The van der Waals surface area contributed by atoms with Crippen molar-refractivity contribution in [2.24, 2.45) is 30.7 Å². The predicted molar refractivity (Wildman–Crippen MR) is 266 cm³/mol. The van der Waals surface area contributed by atoms with E-state index in [4.69, 9.17) is 4.74 Å². The van der Waals surface area contributed by atoms with Crippen molar-refractivity contribution in [3.05, 3.63) is 137 Å². The Bertz CT molecular complexity index is 4080. The highest BCUT2D eigenvalue weighted by Crippen LogP contribution is 2.49. The average Bonchev–Trinajstić information content (AvgIpc) is 3.91. The molecule has 0 aliphatic heterocycles. The first-order valence-electron chi connectivity index (χ1n) is 21.3. The fraction of sp³-hybridized carbons (Fsp3) is 0.122. The first kappa shape index (κ1) is 47.7. The Balaban J connectivity index is 1.13. The van der Waals surface area contributed by atoms with E-state index in [1.165, 1.54) is 28.7 Å². The summed E-state index contributed by atoms with van der Waals surface area (Å²) in [7, 11) is -8.89. The summed E-state index contributed by atoms with van der Waals surface area (Å²) < 4.78 is 74.2. The van der Waals surface area contributed by atoms with Crippen LogP contribution in [-0.4, -0.2) is 57.9 Å². The van der Waals surface area contributed by atoms with Gasteiger partial charge in [-0.25, -0.2) is 4.98 Å². The highest BCUT2D eigenvalue weighted by molar-refractivity contribution is 7.86. The molecule has 0 bridgehead atoms. The van der Waals surface area contributed by atoms with E-state index < -0.39 is 26.0 Å². The van der Waals surface area contributed by atoms with E-state index >= 15 is 0 Å². The van der Waals surface area contributed by atoms with E-state index in [-0.39, 0.29) is 91.1 Å². The molecule has 71 heavy (non-hydrogen) atoms. The third-order valence-corrected chi connectivity index (χ3v) is 14.0. The van der Waals surface area contributed by atoms with Gasteiger partial charge in [-0.15, -0.1) is 30.7 Å². The number of benzene rings is 6. The average molecular weight is 1010 g/mol. The lowest BCUT2D eigenvalue weighted by Gasteiger charge is -2.12. The van der Waals surface area contributed by atoms with Gasteiger partial charge in [-0.3, -0.25) is 13.5 Å². The number of aryl methyl sites for hydroxylation is 1. The minimum Gasteiger partial charge on any atom is -0.493 e. The van der Waals surface area contributed by atoms with Crippen molar-refractivity contribution < 1.29 is 40.9 Å². The molecule has 0 aliphatic carbocycles. The summed E-state index contributed by atoms with van der Waals surface area (Å²) in [4.78, 5) is 4.24. The number of hydrogen-bond donors (Lipinski definition) is 4. The molecule has 22 heteroatoms. The molecule has 0 radical (unpaired) electrons. The fourth-order valence-electron chi connectivity index (χ4n) is 7.90. The molecule has 19 nitrogen and oxygen atoms in total. The highest BCUT2D eigenvalue weighted by Gasteiger charge is 2.23. The van der Waals surface area contributed by atoms with Gasteiger partial charge in [0.2, 0.25) is 5.88 Å². The Morgan fingerprint density at radius 2 is 1.48 bits per heavy atom. The first-order chi connectivity index (χ1) is 34.0. The standard InChI is InChI=1S/C49H36N10O9S3/c1-27-19-40(55-56-45-28(2)36(24-50)46-52-38-8-3-4-9-41(38)59(46)49(45)61)42(68-17-6-18-70(62,63)64)23-39(27)54-57-47-37(25-51)44(33-14-13-31-20-29(26-60)11-12-32(31)21-33)48(69-47)58-53-34-16-15-30-7-5-10-43(35(30)22-34)71(65,66)67/h3-5,7-16,19-23,60-61H,6,17-18,26H2,1-2H3,(H,62,63,64)(H,65,66,67). The fourth-order valence-corrected chi connectivity index (χ4v) is 10.0. The molecule has 9 aromatic rings. The summed E-state index contributed by atoms with van der Waals surface area (Å²) in [5.41, 5.74) is 4.64. The molecule has 3 aromatic heterocycles. The second-order valence-electron chi connectivity index (χ2n) is 16.0. The zero-order valence-electron chi connectivity index (χ0n) is 37.2. The number of pyridine rings is 1. The lowest BCUT2D eigenvalue weighted by atomic mass is 9.99. The molecule has 0 aliphatic rings. The van der Waals surface area contributed by atoms with Crippen LogP contribution in [0.1, 0.15) is 34.2 Å². The van der Waals surface area contributed by atoms with Crippen LogP contribution >= 0.6 is 11.3 Å². The normalized spacial score (nSPS) is 12.3. The molecule has 0 spiro atoms. The zero-order chi connectivity index (χ0) is 50.2. The van der Waals surface area contributed by atoms with Crippen molar-refractivity contribution >= 4 is 103 Å². The van der Waals surface area contributed by atoms with E-state index in [1.807, 2.05) is 24.3 Å². The van der Waals surface area contributed by atoms with E-state index in [0.717, 1.165) is 22.1 Å². The van der Waals surface area contributed by atoms with Gasteiger partial charge in [-0.2, -0.15) is 27.4 Å². The number of aromatic nitrogens is 2. The maximum absolute atomic E-state index is 12.2. The Morgan fingerprint density at radius 1 is 0.746 bits per heavy atom. The number of thiophene rings is 1. The van der Waals surface area contributed by atoms with Gasteiger partial charge >= 0.3 is 0 Å². The summed E-state index contributed by atoms with van der Waals surface area (Å²) in [6, 6.07) is 34.6. The largest absolute Gasteiger partial charge is 0.493 e. The molecule has 0 saturated heterocycles. The number of hydrogen-bond acceptors (Lipinski definition) is 17. The third-order valence-electron chi connectivity index (χ3n) is 11.4. The lowest BCUT2D eigenvalue weighted by Crippen LogP contribution is -2.08. The minimum atomic E-state index is -4.58. The van der Waals surface area contributed by atoms with Crippen molar-refractivity contribution in [3.8, 4) is 34.9 Å². The lowest BCUT2D eigenvalue weighted by molar-refractivity contribution is 0.282. The topological polar surface area (TPSA) is 297 Å². The number of imidazole rings is 1. The highest BCUT2D eigenvalue weighted by atomic mass is 32.2. The van der Waals surface area contributed by atoms with Crippen LogP contribution in [0.25, 0.3) is 49.4 Å². The van der Waals surface area contributed by atoms with E-state index in [0.29, 0.717) is 44.2 Å². The number of azo groups is 3. The number of nitrogens with zero attached hydrogens (tertiary/aromatic N) is 10. The summed E-state index contributed by atoms with van der Waals surface area (Å²) in [5.74, 6) is -0.849. The maximum atomic E-state index is 12.2. The summed E-state index contributed by atoms with van der Waals surface area (Å²) in [5, 5.41) is 71.7. The van der Waals surface area contributed by atoms with Gasteiger partial charge in [0, 0.05) is 22.6 Å². The Hall–Kier alpha value is -8.35. The molecular weight excluding hydrogens is 969 g/mol. The SMILES string of the molecule is Cc1cc(N=Nc2c(C)c(C#N)c3nc4ccccc4n3c2O)c(OCCCS(=O)(=O)O)cc1N=Nc1sc(N=Nc2ccc3cccc(S(=O)(=O)O)c3c2)c(-c2ccc3cc(CO)ccc3c2)c1C#N. The second kappa shape index (κ2) is 19.2. The first-order valence-corrected chi connectivity index (χ1v) is 25.1. The molecule has 3 heterocycles. The number of para-hydroxylation sites is 2. The Labute approximate surface area is 408 Å². The third kappa shape index (κ3) is 9.67. The van der Waals surface area contributed by atoms with Gasteiger partial charge in [0.05, 0.1) is 41.4 Å². The number of aliphatic hydroxyl groups excluding tert-OH is 1. The Kier molecular flexibility index (Phi) is 12.9. The van der Waals surface area contributed by atoms with Gasteiger partial charge in [0.15, 0.2) is 16.3 Å². The van der Waals surface area contributed by atoms with Gasteiger partial charge in [-0.05, 0) is 102 Å². The van der Waals surface area contributed by atoms with Crippen LogP contribution in [0.2, 0.25) is 0 Å². The summed E-state index contributed by atoms with van der Waals surface area (Å²) >= 11 is 1.00. The molecule has 0 unspecified atom stereocenters. The smallest absolute Gasteiger partial charge is 0.295 e. The molecule has 0 amide bonds. The van der Waals surface area contributed by atoms with Gasteiger partial charge in [0.1, 0.15) is 44.6 Å². The van der Waals surface area contributed by atoms with Crippen LogP contribution in [0.4, 0.5) is 32.8 Å². The molecule has 4 N–H and O–H groups in total. The van der Waals surface area contributed by atoms with Gasteiger partial charge < -0.3 is 14.9 Å². The van der Waals surface area contributed by atoms with E-state index in [9.17, 15) is 46.7 Å². The molecule has 9 rings (SSSR count). The number of aliphatic hydroxyl groups is 1. The van der Waals surface area contributed by atoms with Crippen LogP contribution in [0, 0.1) is 36.5 Å². The molecule has 0 fully saturated rings. The van der Waals surface area contributed by atoms with Crippen molar-refractivity contribution in [3.63, 3.8) is 0 Å².